The zero-order valence-corrected chi connectivity index (χ0v) is 14.3. The van der Waals surface area contributed by atoms with Crippen LogP contribution in [-0.2, 0) is 0 Å². The number of hydrogen-bond donors (Lipinski definition) is 0. The van der Waals surface area contributed by atoms with Gasteiger partial charge in [0.05, 0.1) is 6.61 Å². The highest BCUT2D eigenvalue weighted by Crippen LogP contribution is 2.22. The number of ether oxygens (including phenoxy) is 1. The van der Waals surface area contributed by atoms with Gasteiger partial charge < -0.3 is 4.74 Å². The summed E-state index contributed by atoms with van der Waals surface area (Å²) in [6.45, 7) is 0.301. The summed E-state index contributed by atoms with van der Waals surface area (Å²) < 4.78 is 20.5. The molecular formula is C16H13Br2FO2. The van der Waals surface area contributed by atoms with Crippen LogP contribution in [0.3, 0.4) is 0 Å². The van der Waals surface area contributed by atoms with E-state index >= 15 is 0 Å². The van der Waals surface area contributed by atoms with Crippen LogP contribution in [0, 0.1) is 5.82 Å². The topological polar surface area (TPSA) is 26.3 Å². The third-order valence-electron chi connectivity index (χ3n) is 2.87. The third kappa shape index (κ3) is 4.93. The standard InChI is InChI=1S/C16H13Br2FO2/c17-12-5-3-11(4-6-12)15(20)2-1-9-21-16-10-13(18)7-8-14(16)19/h3-8,10H,1-2,9H2. The van der Waals surface area contributed by atoms with E-state index in [0.29, 0.717) is 25.0 Å². The molecule has 0 aliphatic heterocycles. The molecule has 0 saturated heterocycles. The maximum atomic E-state index is 13.4. The van der Waals surface area contributed by atoms with Crippen molar-refractivity contribution in [3.05, 3.63) is 62.8 Å². The van der Waals surface area contributed by atoms with Gasteiger partial charge in [0, 0.05) is 20.9 Å². The van der Waals surface area contributed by atoms with Crippen LogP contribution in [0.2, 0.25) is 0 Å². The van der Waals surface area contributed by atoms with Gasteiger partial charge in [-0.25, -0.2) is 4.39 Å². The van der Waals surface area contributed by atoms with Gasteiger partial charge in [-0.05, 0) is 36.8 Å². The average Bonchev–Trinajstić information content (AvgIpc) is 2.47. The van der Waals surface area contributed by atoms with E-state index in [9.17, 15) is 9.18 Å². The number of ketones is 1. The van der Waals surface area contributed by atoms with E-state index in [1.165, 1.54) is 6.07 Å². The SMILES string of the molecule is O=C(CCCOc1cc(Br)ccc1F)c1ccc(Br)cc1. The number of carbonyl (C=O) groups excluding carboxylic acids is 1. The lowest BCUT2D eigenvalue weighted by atomic mass is 10.1. The Morgan fingerprint density at radius 1 is 1.05 bits per heavy atom. The molecule has 2 aromatic rings. The van der Waals surface area contributed by atoms with Crippen molar-refractivity contribution in [1.29, 1.82) is 0 Å². The molecule has 0 N–H and O–H groups in total. The van der Waals surface area contributed by atoms with Crippen LogP contribution in [-0.4, -0.2) is 12.4 Å². The monoisotopic (exact) mass is 414 g/mol. The Labute approximate surface area is 139 Å². The molecule has 0 aromatic heterocycles. The second kappa shape index (κ2) is 7.71. The van der Waals surface area contributed by atoms with Crippen LogP contribution in [0.15, 0.2) is 51.4 Å². The molecule has 2 aromatic carbocycles. The Morgan fingerprint density at radius 3 is 2.43 bits per heavy atom. The summed E-state index contributed by atoms with van der Waals surface area (Å²) in [6.07, 6.45) is 0.915. The van der Waals surface area contributed by atoms with E-state index in [0.717, 1.165) is 8.95 Å². The van der Waals surface area contributed by atoms with Gasteiger partial charge in [-0.3, -0.25) is 4.79 Å². The first-order valence-corrected chi connectivity index (χ1v) is 8.01. The number of carbonyl (C=O) groups is 1. The first-order chi connectivity index (χ1) is 10.1. The van der Waals surface area contributed by atoms with Gasteiger partial charge in [0.2, 0.25) is 0 Å². The molecule has 5 heteroatoms. The first-order valence-electron chi connectivity index (χ1n) is 6.43. The molecule has 0 heterocycles. The van der Waals surface area contributed by atoms with Crippen molar-refractivity contribution in [2.75, 3.05) is 6.61 Å². The van der Waals surface area contributed by atoms with Crippen molar-refractivity contribution in [1.82, 2.24) is 0 Å². The van der Waals surface area contributed by atoms with Gasteiger partial charge in [0.25, 0.3) is 0 Å². The lowest BCUT2D eigenvalue weighted by Gasteiger charge is -2.07. The molecule has 0 unspecified atom stereocenters. The Kier molecular flexibility index (Phi) is 5.94. The predicted molar refractivity (Wildman–Crippen MR) is 87.3 cm³/mol. The Bertz CT molecular complexity index is 627. The lowest BCUT2D eigenvalue weighted by Crippen LogP contribution is -2.04. The molecule has 0 fully saturated rings. The van der Waals surface area contributed by atoms with E-state index < -0.39 is 5.82 Å². The zero-order valence-electron chi connectivity index (χ0n) is 11.1. The highest BCUT2D eigenvalue weighted by Gasteiger charge is 2.07. The van der Waals surface area contributed by atoms with E-state index in [-0.39, 0.29) is 11.5 Å². The molecule has 0 amide bonds. The summed E-state index contributed by atoms with van der Waals surface area (Å²) in [5.74, 6) is -0.154. The average molecular weight is 416 g/mol. The maximum absolute atomic E-state index is 13.4. The van der Waals surface area contributed by atoms with Crippen LogP contribution in [0.4, 0.5) is 4.39 Å². The Hall–Kier alpha value is -1.20. The van der Waals surface area contributed by atoms with Crippen molar-refractivity contribution in [2.45, 2.75) is 12.8 Å². The highest BCUT2D eigenvalue weighted by molar-refractivity contribution is 9.10. The lowest BCUT2D eigenvalue weighted by molar-refractivity contribution is 0.0973. The summed E-state index contributed by atoms with van der Waals surface area (Å²) in [4.78, 5) is 11.9. The normalized spacial score (nSPS) is 10.4. The summed E-state index contributed by atoms with van der Waals surface area (Å²) in [6, 6.07) is 11.8. The zero-order chi connectivity index (χ0) is 15.2. The molecule has 0 aliphatic rings. The first kappa shape index (κ1) is 16.2. The number of benzene rings is 2. The smallest absolute Gasteiger partial charge is 0.165 e. The molecule has 0 spiro atoms. The summed E-state index contributed by atoms with van der Waals surface area (Å²) in [5, 5.41) is 0. The number of halogens is 3. The second-order valence-electron chi connectivity index (χ2n) is 4.46. The van der Waals surface area contributed by atoms with Crippen molar-refractivity contribution >= 4 is 37.6 Å². The number of hydrogen-bond acceptors (Lipinski definition) is 2. The molecule has 21 heavy (non-hydrogen) atoms. The minimum absolute atomic E-state index is 0.0563. The molecule has 2 nitrogen and oxygen atoms in total. The van der Waals surface area contributed by atoms with Gasteiger partial charge in [0.15, 0.2) is 17.3 Å². The maximum Gasteiger partial charge on any atom is 0.165 e. The number of Topliss-reactive ketones (excluding diaryl/α,β-unsaturated/α-hetero) is 1. The van der Waals surface area contributed by atoms with Gasteiger partial charge in [-0.15, -0.1) is 0 Å². The van der Waals surface area contributed by atoms with Crippen molar-refractivity contribution < 1.29 is 13.9 Å². The van der Waals surface area contributed by atoms with E-state index in [4.69, 9.17) is 4.74 Å². The Balaban J connectivity index is 1.80. The molecule has 2 rings (SSSR count). The summed E-state index contributed by atoms with van der Waals surface area (Å²) in [5.41, 5.74) is 0.673. The predicted octanol–water partition coefficient (Wildman–Crippen LogP) is 5.39. The van der Waals surface area contributed by atoms with Crippen LogP contribution >= 0.6 is 31.9 Å². The fourth-order valence-corrected chi connectivity index (χ4v) is 2.39. The minimum Gasteiger partial charge on any atom is -0.490 e. The fraction of sp³-hybridized carbons (Fsp3) is 0.188. The number of rotatable bonds is 6. The molecule has 0 bridgehead atoms. The molecule has 0 radical (unpaired) electrons. The van der Waals surface area contributed by atoms with Gasteiger partial charge >= 0.3 is 0 Å². The molecule has 0 aliphatic carbocycles. The minimum atomic E-state index is -0.405. The van der Waals surface area contributed by atoms with Crippen LogP contribution in [0.5, 0.6) is 5.75 Å². The molecule has 0 saturated carbocycles. The van der Waals surface area contributed by atoms with Crippen molar-refractivity contribution in [3.8, 4) is 5.75 Å². The van der Waals surface area contributed by atoms with E-state index in [1.54, 1.807) is 24.3 Å². The van der Waals surface area contributed by atoms with Crippen molar-refractivity contribution in [3.63, 3.8) is 0 Å². The van der Waals surface area contributed by atoms with E-state index in [1.807, 2.05) is 12.1 Å². The van der Waals surface area contributed by atoms with Crippen LogP contribution < -0.4 is 4.74 Å². The highest BCUT2D eigenvalue weighted by atomic mass is 79.9. The van der Waals surface area contributed by atoms with Crippen molar-refractivity contribution in [2.24, 2.45) is 0 Å². The van der Waals surface area contributed by atoms with Gasteiger partial charge in [-0.2, -0.15) is 0 Å². The van der Waals surface area contributed by atoms with Gasteiger partial charge in [-0.1, -0.05) is 44.0 Å². The molecular weight excluding hydrogens is 403 g/mol. The van der Waals surface area contributed by atoms with E-state index in [2.05, 4.69) is 31.9 Å². The summed E-state index contributed by atoms with van der Waals surface area (Å²) in [7, 11) is 0. The van der Waals surface area contributed by atoms with Gasteiger partial charge in [0.1, 0.15) is 0 Å². The second-order valence-corrected chi connectivity index (χ2v) is 6.29. The molecule has 0 atom stereocenters. The quantitative estimate of drug-likeness (QED) is 0.466. The third-order valence-corrected chi connectivity index (χ3v) is 3.89. The largest absolute Gasteiger partial charge is 0.490 e. The Morgan fingerprint density at radius 2 is 1.71 bits per heavy atom. The molecule has 110 valence electrons. The van der Waals surface area contributed by atoms with Crippen LogP contribution in [0.1, 0.15) is 23.2 Å². The summed E-state index contributed by atoms with van der Waals surface area (Å²) >= 11 is 6.59. The van der Waals surface area contributed by atoms with Crippen LogP contribution in [0.25, 0.3) is 0 Å². The fourth-order valence-electron chi connectivity index (χ4n) is 1.78.